The maximum atomic E-state index is 13.9. The minimum atomic E-state index is -3.91. The lowest BCUT2D eigenvalue weighted by Crippen LogP contribution is -2.50. The number of Topliss-reactive ketones (excluding diaryl/α,β-unsaturated/α-hetero) is 1. The molecule has 2 aliphatic carbocycles. The van der Waals surface area contributed by atoms with Gasteiger partial charge in [-0.15, -0.1) is 11.3 Å². The van der Waals surface area contributed by atoms with E-state index in [0.717, 1.165) is 22.4 Å². The van der Waals surface area contributed by atoms with Crippen LogP contribution >= 0.6 is 11.3 Å². The van der Waals surface area contributed by atoms with Crippen LogP contribution < -0.4 is 0 Å². The molecule has 2 fully saturated rings. The highest BCUT2D eigenvalue weighted by Crippen LogP contribution is 2.64. The Morgan fingerprint density at radius 1 is 1.16 bits per heavy atom. The predicted octanol–water partition coefficient (Wildman–Crippen LogP) is 5.41. The van der Waals surface area contributed by atoms with Crippen molar-refractivity contribution >= 4 is 33.1 Å². The van der Waals surface area contributed by atoms with E-state index in [4.69, 9.17) is 0 Å². The topological polar surface area (TPSA) is 74.8 Å². The number of halogens is 1. The van der Waals surface area contributed by atoms with Crippen molar-refractivity contribution in [1.82, 2.24) is 9.21 Å². The number of sulfonamides is 1. The summed E-state index contributed by atoms with van der Waals surface area (Å²) in [5.74, 6) is -0.652. The van der Waals surface area contributed by atoms with Crippen LogP contribution in [0.25, 0.3) is 0 Å². The average molecular weight is 563 g/mol. The molecular weight excluding hydrogens is 523 g/mol. The van der Waals surface area contributed by atoms with Gasteiger partial charge in [-0.1, -0.05) is 39.8 Å². The molecule has 2 saturated carbocycles. The van der Waals surface area contributed by atoms with Gasteiger partial charge in [0.1, 0.15) is 11.6 Å². The first kappa shape index (κ1) is 28.9. The molecule has 0 aliphatic heterocycles. The molecule has 2 aromatic rings. The van der Waals surface area contributed by atoms with Gasteiger partial charge in [0, 0.05) is 29.8 Å². The van der Waals surface area contributed by atoms with Crippen LogP contribution in [-0.2, 0) is 32.7 Å². The minimum absolute atomic E-state index is 0.00350. The molecule has 0 radical (unpaired) electrons. The Morgan fingerprint density at radius 2 is 1.84 bits per heavy atom. The molecule has 0 saturated heterocycles. The van der Waals surface area contributed by atoms with E-state index < -0.39 is 15.4 Å². The van der Waals surface area contributed by atoms with Gasteiger partial charge in [-0.25, -0.2) is 12.8 Å². The second kappa shape index (κ2) is 10.8. The van der Waals surface area contributed by atoms with Gasteiger partial charge in [-0.2, -0.15) is 4.31 Å². The fraction of sp³-hybridized carbons (Fsp3) is 0.586. The smallest absolute Gasteiger partial charge is 0.238 e. The summed E-state index contributed by atoms with van der Waals surface area (Å²) in [5.41, 5.74) is 0.559. The van der Waals surface area contributed by atoms with Crippen molar-refractivity contribution in [3.05, 3.63) is 57.5 Å². The molecule has 2 unspecified atom stereocenters. The van der Waals surface area contributed by atoms with Crippen molar-refractivity contribution in [3.8, 4) is 0 Å². The van der Waals surface area contributed by atoms with Crippen LogP contribution in [0.1, 0.15) is 63.0 Å². The first-order chi connectivity index (χ1) is 17.7. The molecule has 1 aromatic carbocycles. The largest absolute Gasteiger partial charge is 0.332 e. The third-order valence-electron chi connectivity index (χ3n) is 8.78. The zero-order chi connectivity index (χ0) is 27.9. The van der Waals surface area contributed by atoms with Gasteiger partial charge in [0.15, 0.2) is 0 Å². The quantitative estimate of drug-likeness (QED) is 0.367. The highest BCUT2D eigenvalue weighted by atomic mass is 32.2. The zero-order valence-corrected chi connectivity index (χ0v) is 24.6. The van der Waals surface area contributed by atoms with E-state index in [-0.39, 0.29) is 60.1 Å². The van der Waals surface area contributed by atoms with E-state index in [1.165, 1.54) is 16.4 Å². The predicted molar refractivity (Wildman–Crippen MR) is 148 cm³/mol. The first-order valence-corrected chi connectivity index (χ1v) is 15.8. The maximum absolute atomic E-state index is 13.9. The van der Waals surface area contributed by atoms with Crippen molar-refractivity contribution in [2.24, 2.45) is 22.7 Å². The van der Waals surface area contributed by atoms with Crippen LogP contribution in [0.4, 0.5) is 4.39 Å². The summed E-state index contributed by atoms with van der Waals surface area (Å²) in [6.45, 7) is 10.4. The van der Waals surface area contributed by atoms with E-state index in [1.54, 1.807) is 28.4 Å². The number of hydrogen-bond donors (Lipinski definition) is 0. The van der Waals surface area contributed by atoms with E-state index >= 15 is 0 Å². The number of fused-ring (bicyclic) bond motifs is 2. The van der Waals surface area contributed by atoms with Gasteiger partial charge in [-0.05, 0) is 71.7 Å². The normalized spacial score (nSPS) is 22.5. The number of ketones is 1. The number of hydrogen-bond acceptors (Lipinski definition) is 5. The summed E-state index contributed by atoms with van der Waals surface area (Å²) in [4.78, 5) is 29.5. The fourth-order valence-corrected chi connectivity index (χ4v) is 9.46. The van der Waals surface area contributed by atoms with Gasteiger partial charge in [-0.3, -0.25) is 9.59 Å². The summed E-state index contributed by atoms with van der Waals surface area (Å²) in [5, 5.41) is 1.97. The van der Waals surface area contributed by atoms with E-state index in [1.807, 2.05) is 46.1 Å². The number of nitrogens with zero attached hydrogens (tertiary/aromatic N) is 2. The molecule has 208 valence electrons. The van der Waals surface area contributed by atoms with Crippen molar-refractivity contribution in [2.75, 3.05) is 18.8 Å². The van der Waals surface area contributed by atoms with E-state index in [0.29, 0.717) is 19.4 Å². The van der Waals surface area contributed by atoms with Crippen molar-refractivity contribution in [2.45, 2.75) is 67.0 Å². The zero-order valence-electron chi connectivity index (χ0n) is 23.0. The third kappa shape index (κ3) is 5.61. The van der Waals surface area contributed by atoms with E-state index in [9.17, 15) is 22.4 Å². The first-order valence-electron chi connectivity index (χ1n) is 13.3. The number of benzene rings is 1. The molecule has 2 atom stereocenters. The second-order valence-electron chi connectivity index (χ2n) is 12.0. The Morgan fingerprint density at radius 3 is 2.37 bits per heavy atom. The highest BCUT2D eigenvalue weighted by molar-refractivity contribution is 7.89. The average Bonchev–Trinajstić information content (AvgIpc) is 3.39. The Kier molecular flexibility index (Phi) is 8.22. The molecule has 2 aliphatic rings. The molecule has 1 aromatic heterocycles. The number of carbonyl (C=O) groups is 2. The maximum Gasteiger partial charge on any atom is 0.238 e. The standard InChI is InChI=1S/C29H39FN2O4S2/c1-20(2)15-32(38(35,36)19-29-12-10-23(14-26(29)33)28(29,4)5)18-27(34)31(17-25-21(3)11-13-37-25)16-22-6-8-24(30)9-7-22/h6-9,11,13,20,23H,10,12,14-19H2,1-5H3. The molecule has 9 heteroatoms. The molecule has 38 heavy (non-hydrogen) atoms. The van der Waals surface area contributed by atoms with E-state index in [2.05, 4.69) is 0 Å². The SMILES string of the molecule is Cc1ccsc1CN(Cc1ccc(F)cc1)C(=O)CN(CC(C)C)S(=O)(=O)CC12CCC(CC1=O)C2(C)C. The van der Waals surface area contributed by atoms with Crippen LogP contribution in [0.3, 0.4) is 0 Å². The number of aryl methyl sites for hydroxylation is 1. The van der Waals surface area contributed by atoms with Crippen molar-refractivity contribution in [1.29, 1.82) is 0 Å². The molecule has 1 amide bonds. The second-order valence-corrected chi connectivity index (χ2v) is 15.0. The fourth-order valence-electron chi connectivity index (χ4n) is 6.23. The number of thiophene rings is 1. The summed E-state index contributed by atoms with van der Waals surface area (Å²) in [6, 6.07) is 7.99. The summed E-state index contributed by atoms with van der Waals surface area (Å²) in [7, 11) is -3.91. The lowest BCUT2D eigenvalue weighted by Gasteiger charge is -2.38. The summed E-state index contributed by atoms with van der Waals surface area (Å²) < 4.78 is 42.6. The summed E-state index contributed by atoms with van der Waals surface area (Å²) in [6.07, 6.45) is 1.89. The van der Waals surface area contributed by atoms with Crippen LogP contribution in [-0.4, -0.2) is 48.2 Å². The molecule has 1 heterocycles. The number of rotatable bonds is 11. The van der Waals surface area contributed by atoms with Gasteiger partial charge in [0.25, 0.3) is 0 Å². The lowest BCUT2D eigenvalue weighted by molar-refractivity contribution is -0.132. The van der Waals surface area contributed by atoms with Gasteiger partial charge in [0.2, 0.25) is 15.9 Å². The molecule has 0 spiro atoms. The minimum Gasteiger partial charge on any atom is -0.332 e. The molecule has 6 nitrogen and oxygen atoms in total. The Hall–Kier alpha value is -2.10. The van der Waals surface area contributed by atoms with Crippen LogP contribution in [0.15, 0.2) is 35.7 Å². The summed E-state index contributed by atoms with van der Waals surface area (Å²) >= 11 is 1.55. The number of carbonyl (C=O) groups excluding carboxylic acids is 2. The molecule has 2 bridgehead atoms. The van der Waals surface area contributed by atoms with Crippen molar-refractivity contribution in [3.63, 3.8) is 0 Å². The Bertz CT molecular complexity index is 1290. The van der Waals surface area contributed by atoms with Crippen LogP contribution in [0.5, 0.6) is 0 Å². The van der Waals surface area contributed by atoms with Gasteiger partial charge >= 0.3 is 0 Å². The Labute approximate surface area is 230 Å². The third-order valence-corrected chi connectivity index (χ3v) is 11.7. The molecule has 0 N–H and O–H groups in total. The monoisotopic (exact) mass is 562 g/mol. The molecular formula is C29H39FN2O4S2. The van der Waals surface area contributed by atoms with Crippen LogP contribution in [0.2, 0.25) is 0 Å². The van der Waals surface area contributed by atoms with Crippen LogP contribution in [0, 0.1) is 35.4 Å². The molecule has 4 rings (SSSR count). The number of amides is 1. The van der Waals surface area contributed by atoms with Crippen molar-refractivity contribution < 1.29 is 22.4 Å². The van der Waals surface area contributed by atoms with Gasteiger partial charge in [0.05, 0.1) is 18.8 Å². The highest BCUT2D eigenvalue weighted by Gasteiger charge is 2.65. The Balaban J connectivity index is 1.60. The lowest BCUT2D eigenvalue weighted by atomic mass is 9.70. The van der Waals surface area contributed by atoms with Gasteiger partial charge < -0.3 is 4.90 Å².